The minimum atomic E-state index is -3.51. The number of unbranched alkanes of at least 4 members (excludes halogenated alkanes) is 2. The van der Waals surface area contributed by atoms with Crippen LogP contribution >= 0.6 is 0 Å². The summed E-state index contributed by atoms with van der Waals surface area (Å²) in [7, 11) is -3.51. The third-order valence-corrected chi connectivity index (χ3v) is 5.13. The van der Waals surface area contributed by atoms with Gasteiger partial charge in [0.15, 0.2) is 0 Å². The van der Waals surface area contributed by atoms with Gasteiger partial charge >= 0.3 is 0 Å². The molecule has 0 aliphatic carbocycles. The minimum Gasteiger partial charge on any atom is -0.394 e. The third kappa shape index (κ3) is 4.29. The molecular formula is C13H25N3O3S. The molecule has 0 aromatic carbocycles. The molecule has 0 saturated heterocycles. The van der Waals surface area contributed by atoms with Gasteiger partial charge in [0.1, 0.15) is 4.90 Å². The van der Waals surface area contributed by atoms with E-state index in [0.29, 0.717) is 13.1 Å². The molecule has 0 fully saturated rings. The molecule has 0 aliphatic rings. The average Bonchev–Trinajstić information content (AvgIpc) is 2.83. The standard InChI is InChI=1S/C13H25N3O3S/c1-4-5-6-7-16(12(2)3)20(18,19)13-10-14-15(11-13)8-9-17/h10-12,17H,4-9H2,1-3H3. The molecule has 0 unspecified atom stereocenters. The summed E-state index contributed by atoms with van der Waals surface area (Å²) in [6, 6.07) is -0.0851. The van der Waals surface area contributed by atoms with Crippen LogP contribution in [-0.2, 0) is 16.6 Å². The second kappa shape index (κ2) is 7.75. The first-order valence-electron chi connectivity index (χ1n) is 7.08. The highest BCUT2D eigenvalue weighted by Gasteiger charge is 2.27. The Bertz CT molecular complexity index is 497. The van der Waals surface area contributed by atoms with Crippen molar-refractivity contribution >= 4 is 10.0 Å². The summed E-state index contributed by atoms with van der Waals surface area (Å²) >= 11 is 0. The zero-order valence-corrected chi connectivity index (χ0v) is 13.3. The molecule has 0 saturated carbocycles. The second-order valence-electron chi connectivity index (χ2n) is 5.08. The van der Waals surface area contributed by atoms with E-state index in [9.17, 15) is 8.42 Å². The molecule has 7 heteroatoms. The third-order valence-electron chi connectivity index (χ3n) is 3.10. The normalized spacial score (nSPS) is 12.5. The molecule has 0 spiro atoms. The lowest BCUT2D eigenvalue weighted by Gasteiger charge is -2.25. The van der Waals surface area contributed by atoms with Crippen molar-refractivity contribution < 1.29 is 13.5 Å². The average molecular weight is 303 g/mol. The second-order valence-corrected chi connectivity index (χ2v) is 6.97. The molecule has 0 radical (unpaired) electrons. The molecule has 116 valence electrons. The van der Waals surface area contributed by atoms with Crippen molar-refractivity contribution in [3.05, 3.63) is 12.4 Å². The number of aromatic nitrogens is 2. The van der Waals surface area contributed by atoms with E-state index < -0.39 is 10.0 Å². The lowest BCUT2D eigenvalue weighted by molar-refractivity contribution is 0.269. The van der Waals surface area contributed by atoms with Crippen molar-refractivity contribution in [3.63, 3.8) is 0 Å². The molecule has 1 aromatic heterocycles. The highest BCUT2D eigenvalue weighted by molar-refractivity contribution is 7.89. The van der Waals surface area contributed by atoms with E-state index in [-0.39, 0.29) is 17.5 Å². The van der Waals surface area contributed by atoms with Gasteiger partial charge in [0, 0.05) is 18.8 Å². The summed E-state index contributed by atoms with van der Waals surface area (Å²) in [5, 5.41) is 12.8. The Hall–Kier alpha value is -0.920. The van der Waals surface area contributed by atoms with Gasteiger partial charge in [-0.25, -0.2) is 8.42 Å². The van der Waals surface area contributed by atoms with Crippen molar-refractivity contribution in [2.75, 3.05) is 13.2 Å². The minimum absolute atomic E-state index is 0.0639. The first-order chi connectivity index (χ1) is 9.43. The van der Waals surface area contributed by atoms with Gasteiger partial charge in [-0.3, -0.25) is 4.68 Å². The van der Waals surface area contributed by atoms with Crippen molar-refractivity contribution in [1.82, 2.24) is 14.1 Å². The highest BCUT2D eigenvalue weighted by Crippen LogP contribution is 2.18. The summed E-state index contributed by atoms with van der Waals surface area (Å²) in [6.45, 7) is 6.61. The zero-order valence-electron chi connectivity index (χ0n) is 12.5. The lowest BCUT2D eigenvalue weighted by atomic mass is 10.2. The lowest BCUT2D eigenvalue weighted by Crippen LogP contribution is -2.37. The van der Waals surface area contributed by atoms with Gasteiger partial charge in [-0.1, -0.05) is 19.8 Å². The van der Waals surface area contributed by atoms with E-state index in [1.807, 2.05) is 13.8 Å². The van der Waals surface area contributed by atoms with Crippen LogP contribution in [0.1, 0.15) is 40.0 Å². The maximum atomic E-state index is 12.6. The van der Waals surface area contributed by atoms with E-state index in [4.69, 9.17) is 5.11 Å². The Balaban J connectivity index is 2.90. The zero-order chi connectivity index (χ0) is 15.2. The summed E-state index contributed by atoms with van der Waals surface area (Å²) in [4.78, 5) is 0.191. The summed E-state index contributed by atoms with van der Waals surface area (Å²) < 4.78 is 28.2. The first kappa shape index (κ1) is 17.1. The molecule has 1 aromatic rings. The summed E-state index contributed by atoms with van der Waals surface area (Å²) in [6.07, 6.45) is 5.75. The van der Waals surface area contributed by atoms with Gasteiger partial charge in [-0.15, -0.1) is 0 Å². The van der Waals surface area contributed by atoms with Crippen LogP contribution < -0.4 is 0 Å². The van der Waals surface area contributed by atoms with Crippen LogP contribution in [0, 0.1) is 0 Å². The van der Waals surface area contributed by atoms with E-state index in [1.54, 1.807) is 0 Å². The van der Waals surface area contributed by atoms with Crippen LogP contribution in [0.3, 0.4) is 0 Å². The predicted molar refractivity (Wildman–Crippen MR) is 77.9 cm³/mol. The monoisotopic (exact) mass is 303 g/mol. The Morgan fingerprint density at radius 3 is 2.65 bits per heavy atom. The van der Waals surface area contributed by atoms with E-state index in [1.165, 1.54) is 21.4 Å². The predicted octanol–water partition coefficient (Wildman–Crippen LogP) is 1.46. The fraction of sp³-hybridized carbons (Fsp3) is 0.769. The number of sulfonamides is 1. The maximum Gasteiger partial charge on any atom is 0.246 e. The van der Waals surface area contributed by atoms with Crippen molar-refractivity contribution in [2.24, 2.45) is 0 Å². The topological polar surface area (TPSA) is 75.4 Å². The number of aliphatic hydroxyl groups is 1. The number of nitrogens with zero attached hydrogens (tertiary/aromatic N) is 3. The number of rotatable bonds is 9. The molecule has 0 bridgehead atoms. The van der Waals surface area contributed by atoms with Crippen LogP contribution in [0.25, 0.3) is 0 Å². The fourth-order valence-electron chi connectivity index (χ4n) is 2.01. The van der Waals surface area contributed by atoms with Gasteiger partial charge in [0.2, 0.25) is 10.0 Å². The summed E-state index contributed by atoms with van der Waals surface area (Å²) in [5.41, 5.74) is 0. The molecular weight excluding hydrogens is 278 g/mol. The van der Waals surface area contributed by atoms with Gasteiger partial charge in [0.25, 0.3) is 0 Å². The molecule has 0 amide bonds. The molecule has 0 atom stereocenters. The number of hydrogen-bond donors (Lipinski definition) is 1. The molecule has 1 N–H and O–H groups in total. The van der Waals surface area contributed by atoms with Crippen molar-refractivity contribution in [2.45, 2.75) is 57.5 Å². The number of aliphatic hydroxyl groups excluding tert-OH is 1. The molecule has 1 rings (SSSR count). The molecule has 1 heterocycles. The SMILES string of the molecule is CCCCCN(C(C)C)S(=O)(=O)c1cnn(CCO)c1. The Morgan fingerprint density at radius 1 is 1.40 bits per heavy atom. The van der Waals surface area contributed by atoms with Crippen LogP contribution in [0.5, 0.6) is 0 Å². The van der Waals surface area contributed by atoms with Crippen LogP contribution in [0.2, 0.25) is 0 Å². The van der Waals surface area contributed by atoms with Gasteiger partial charge in [-0.05, 0) is 20.3 Å². The van der Waals surface area contributed by atoms with Crippen LogP contribution in [0.4, 0.5) is 0 Å². The van der Waals surface area contributed by atoms with Crippen molar-refractivity contribution in [1.29, 1.82) is 0 Å². The fourth-order valence-corrected chi connectivity index (χ4v) is 3.64. The van der Waals surface area contributed by atoms with Gasteiger partial charge < -0.3 is 5.11 Å². The first-order valence-corrected chi connectivity index (χ1v) is 8.52. The van der Waals surface area contributed by atoms with Crippen LogP contribution in [0.15, 0.2) is 17.3 Å². The van der Waals surface area contributed by atoms with Gasteiger partial charge in [0.05, 0.1) is 19.3 Å². The molecule has 20 heavy (non-hydrogen) atoms. The Labute approximate surface area is 121 Å². The molecule has 6 nitrogen and oxygen atoms in total. The largest absolute Gasteiger partial charge is 0.394 e. The van der Waals surface area contributed by atoms with E-state index in [2.05, 4.69) is 12.0 Å². The molecule has 0 aliphatic heterocycles. The Morgan fingerprint density at radius 2 is 2.10 bits per heavy atom. The summed E-state index contributed by atoms with van der Waals surface area (Å²) in [5.74, 6) is 0. The Kier molecular flexibility index (Phi) is 6.64. The quantitative estimate of drug-likeness (QED) is 0.701. The van der Waals surface area contributed by atoms with Crippen molar-refractivity contribution in [3.8, 4) is 0 Å². The maximum absolute atomic E-state index is 12.6. The smallest absolute Gasteiger partial charge is 0.246 e. The van der Waals surface area contributed by atoms with E-state index in [0.717, 1.165) is 19.3 Å². The number of hydrogen-bond acceptors (Lipinski definition) is 4. The van der Waals surface area contributed by atoms with Gasteiger partial charge in [-0.2, -0.15) is 9.40 Å². The van der Waals surface area contributed by atoms with E-state index >= 15 is 0 Å². The van der Waals surface area contributed by atoms with Crippen LogP contribution in [-0.4, -0.2) is 46.8 Å². The highest BCUT2D eigenvalue weighted by atomic mass is 32.2.